The Morgan fingerprint density at radius 1 is 1.04 bits per heavy atom. The van der Waals surface area contributed by atoms with Gasteiger partial charge in [0.2, 0.25) is 10.0 Å². The van der Waals surface area contributed by atoms with Gasteiger partial charge in [-0.15, -0.1) is 0 Å². The third kappa shape index (κ3) is 7.79. The highest BCUT2D eigenvalue weighted by Gasteiger charge is 2.23. The van der Waals surface area contributed by atoms with Crippen LogP contribution in [0.15, 0.2) is 42.5 Å². The number of ether oxygens (including phenoxy) is 2. The maximum absolute atomic E-state index is 12.1. The first-order chi connectivity index (χ1) is 12.1. The summed E-state index contributed by atoms with van der Waals surface area (Å²) >= 11 is 0. The first-order valence-corrected chi connectivity index (χ1v) is 9.78. The minimum atomic E-state index is -3.57. The van der Waals surface area contributed by atoms with Crippen molar-refractivity contribution in [1.29, 1.82) is 0 Å². The average Bonchev–Trinajstić information content (AvgIpc) is 2.56. The third-order valence-corrected chi connectivity index (χ3v) is 5.08. The quantitative estimate of drug-likeness (QED) is 0.518. The molecule has 7 nitrogen and oxygen atoms in total. The molecule has 0 aliphatic carbocycles. The number of sulfonamides is 1. The summed E-state index contributed by atoms with van der Waals surface area (Å²) < 4.78 is 36.8. The Bertz CT molecular complexity index is 725. The van der Waals surface area contributed by atoms with Gasteiger partial charge in [0.1, 0.15) is 6.61 Å². The second kappa shape index (κ2) is 10.1. The van der Waals surface area contributed by atoms with Crippen LogP contribution in [0.4, 0.5) is 0 Å². The third-order valence-electron chi connectivity index (χ3n) is 3.23. The highest BCUT2D eigenvalue weighted by molar-refractivity contribution is 7.90. The Hall–Kier alpha value is -2.19. The van der Waals surface area contributed by atoms with Gasteiger partial charge in [0.05, 0.1) is 17.4 Å². The van der Waals surface area contributed by atoms with Gasteiger partial charge in [-0.3, -0.25) is 0 Å². The van der Waals surface area contributed by atoms with Crippen molar-refractivity contribution in [3.63, 3.8) is 0 Å². The lowest BCUT2D eigenvalue weighted by atomic mass is 10.1. The number of hydrogen-bond donors (Lipinski definition) is 1. The van der Waals surface area contributed by atoms with Crippen molar-refractivity contribution in [2.75, 3.05) is 6.61 Å². The van der Waals surface area contributed by atoms with E-state index in [0.717, 1.165) is 12.2 Å². The van der Waals surface area contributed by atoms with Crippen LogP contribution in [0, 0.1) is 0 Å². The second-order valence-electron chi connectivity index (χ2n) is 6.12. The molecule has 0 saturated heterocycles. The SMILES string of the molecule is CC(C)OC(=O)/C=C/C(=O)OCC(NS(=O)(=O)C(C)C)c1ccccc1. The first-order valence-electron chi connectivity index (χ1n) is 8.23. The topological polar surface area (TPSA) is 98.8 Å². The van der Waals surface area contributed by atoms with Crippen LogP contribution in [0.2, 0.25) is 0 Å². The molecule has 26 heavy (non-hydrogen) atoms. The molecule has 0 aromatic heterocycles. The van der Waals surface area contributed by atoms with Gasteiger partial charge in [-0.25, -0.2) is 22.7 Å². The lowest BCUT2D eigenvalue weighted by molar-refractivity contribution is -0.143. The molecule has 0 fully saturated rings. The standard InChI is InChI=1S/C18H25NO6S/c1-13(2)25-18(21)11-10-17(20)24-12-16(15-8-6-5-7-9-15)19-26(22,23)14(3)4/h5-11,13-14,16,19H,12H2,1-4H3/b11-10+. The van der Waals surface area contributed by atoms with Crippen LogP contribution in [0.5, 0.6) is 0 Å². The van der Waals surface area contributed by atoms with Gasteiger partial charge in [0.15, 0.2) is 0 Å². The highest BCUT2D eigenvalue weighted by Crippen LogP contribution is 2.16. The van der Waals surface area contributed by atoms with E-state index >= 15 is 0 Å². The molecule has 0 aliphatic heterocycles. The maximum atomic E-state index is 12.1. The van der Waals surface area contributed by atoms with E-state index in [-0.39, 0.29) is 12.7 Å². The predicted octanol–water partition coefficient (Wildman–Crippen LogP) is 2.11. The molecule has 0 amide bonds. The molecule has 8 heteroatoms. The van der Waals surface area contributed by atoms with E-state index < -0.39 is 33.3 Å². The van der Waals surface area contributed by atoms with Gasteiger partial charge in [0, 0.05) is 12.2 Å². The number of hydrogen-bond acceptors (Lipinski definition) is 6. The van der Waals surface area contributed by atoms with Crippen molar-refractivity contribution >= 4 is 22.0 Å². The zero-order valence-corrected chi connectivity index (χ0v) is 16.2. The van der Waals surface area contributed by atoms with E-state index in [1.54, 1.807) is 58.0 Å². The minimum absolute atomic E-state index is 0.210. The Kier molecular flexibility index (Phi) is 8.47. The van der Waals surface area contributed by atoms with Crippen LogP contribution in [0.3, 0.4) is 0 Å². The van der Waals surface area contributed by atoms with Crippen LogP contribution in [-0.4, -0.2) is 38.3 Å². The number of benzene rings is 1. The summed E-state index contributed by atoms with van der Waals surface area (Å²) in [7, 11) is -3.57. The van der Waals surface area contributed by atoms with E-state index in [4.69, 9.17) is 9.47 Å². The number of carbonyl (C=O) groups excluding carboxylic acids is 2. The number of nitrogens with one attached hydrogen (secondary N) is 1. The van der Waals surface area contributed by atoms with Gasteiger partial charge < -0.3 is 9.47 Å². The first kappa shape index (κ1) is 21.9. The molecule has 1 aromatic carbocycles. The summed E-state index contributed by atoms with van der Waals surface area (Å²) in [5.41, 5.74) is 0.660. The zero-order valence-electron chi connectivity index (χ0n) is 15.3. The fourth-order valence-electron chi connectivity index (χ4n) is 1.84. The lowest BCUT2D eigenvalue weighted by Crippen LogP contribution is -2.36. The van der Waals surface area contributed by atoms with Crippen LogP contribution in [-0.2, 0) is 29.1 Å². The highest BCUT2D eigenvalue weighted by atomic mass is 32.2. The smallest absolute Gasteiger partial charge is 0.331 e. The predicted molar refractivity (Wildman–Crippen MR) is 97.7 cm³/mol. The Morgan fingerprint density at radius 2 is 1.62 bits per heavy atom. The molecule has 1 atom stereocenters. The number of rotatable bonds is 9. The van der Waals surface area contributed by atoms with Gasteiger partial charge in [-0.05, 0) is 33.3 Å². The van der Waals surface area contributed by atoms with E-state index in [9.17, 15) is 18.0 Å². The molecular formula is C18H25NO6S. The monoisotopic (exact) mass is 383 g/mol. The van der Waals surface area contributed by atoms with Crippen LogP contribution >= 0.6 is 0 Å². The fraction of sp³-hybridized carbons (Fsp3) is 0.444. The molecule has 0 heterocycles. The Labute approximate surface area is 154 Å². The van der Waals surface area contributed by atoms with Gasteiger partial charge >= 0.3 is 11.9 Å². The van der Waals surface area contributed by atoms with E-state index in [1.807, 2.05) is 0 Å². The fourth-order valence-corrected chi connectivity index (χ4v) is 2.71. The van der Waals surface area contributed by atoms with Gasteiger partial charge in [-0.2, -0.15) is 0 Å². The van der Waals surface area contributed by atoms with Crippen molar-refractivity contribution < 1.29 is 27.5 Å². The summed E-state index contributed by atoms with van der Waals surface area (Å²) in [4.78, 5) is 23.1. The van der Waals surface area contributed by atoms with E-state index in [0.29, 0.717) is 5.56 Å². The summed E-state index contributed by atoms with van der Waals surface area (Å²) in [5, 5.41) is -0.630. The van der Waals surface area contributed by atoms with Crippen LogP contribution in [0.25, 0.3) is 0 Å². The lowest BCUT2D eigenvalue weighted by Gasteiger charge is -2.20. The molecule has 0 radical (unpaired) electrons. The molecule has 1 aromatic rings. The average molecular weight is 383 g/mol. The minimum Gasteiger partial charge on any atom is -0.460 e. The molecule has 0 saturated carbocycles. The number of esters is 2. The van der Waals surface area contributed by atoms with Crippen LogP contribution in [0.1, 0.15) is 39.3 Å². The van der Waals surface area contributed by atoms with Gasteiger partial charge in [-0.1, -0.05) is 30.3 Å². The molecule has 144 valence electrons. The van der Waals surface area contributed by atoms with Crippen molar-refractivity contribution in [3.05, 3.63) is 48.0 Å². The van der Waals surface area contributed by atoms with Crippen molar-refractivity contribution in [1.82, 2.24) is 4.72 Å². The summed E-state index contributed by atoms with van der Waals surface area (Å²) in [5.74, 6) is -1.42. The molecule has 0 aliphatic rings. The largest absolute Gasteiger partial charge is 0.460 e. The van der Waals surface area contributed by atoms with Gasteiger partial charge in [0.25, 0.3) is 0 Å². The Morgan fingerprint density at radius 3 is 2.15 bits per heavy atom. The van der Waals surface area contributed by atoms with Crippen LogP contribution < -0.4 is 4.72 Å². The molecule has 0 bridgehead atoms. The second-order valence-corrected chi connectivity index (χ2v) is 8.39. The van der Waals surface area contributed by atoms with E-state index in [2.05, 4.69) is 4.72 Å². The number of carbonyl (C=O) groups is 2. The van der Waals surface area contributed by atoms with Crippen molar-refractivity contribution in [2.24, 2.45) is 0 Å². The summed E-state index contributed by atoms with van der Waals surface area (Å²) in [6.07, 6.45) is 1.62. The van der Waals surface area contributed by atoms with Crippen molar-refractivity contribution in [2.45, 2.75) is 45.1 Å². The molecule has 1 unspecified atom stereocenters. The molecule has 0 spiro atoms. The zero-order chi connectivity index (χ0) is 19.7. The van der Waals surface area contributed by atoms with E-state index in [1.165, 1.54) is 0 Å². The Balaban J connectivity index is 2.77. The maximum Gasteiger partial charge on any atom is 0.331 e. The summed E-state index contributed by atoms with van der Waals surface area (Å²) in [6.45, 7) is 6.28. The molecule has 1 N–H and O–H groups in total. The van der Waals surface area contributed by atoms with Crippen molar-refractivity contribution in [3.8, 4) is 0 Å². The summed E-state index contributed by atoms with van der Waals surface area (Å²) in [6, 6.07) is 8.05. The molecular weight excluding hydrogens is 358 g/mol. The normalized spacial score (nSPS) is 13.2. The molecule has 1 rings (SSSR count).